The van der Waals surface area contributed by atoms with Crippen LogP contribution in [0.2, 0.25) is 0 Å². The lowest BCUT2D eigenvalue weighted by Gasteiger charge is -2.10. The number of aryl methyl sites for hydroxylation is 2. The third kappa shape index (κ3) is 8.41. The second kappa shape index (κ2) is 13.2. The fourth-order valence-electron chi connectivity index (χ4n) is 4.12. The second-order valence-corrected chi connectivity index (χ2v) is 10.6. The number of primary sulfonamides is 1. The van der Waals surface area contributed by atoms with Gasteiger partial charge < -0.3 is 20.8 Å². The molecule has 0 saturated carbocycles. The molecule has 0 radical (unpaired) electrons. The van der Waals surface area contributed by atoms with Crippen molar-refractivity contribution >= 4 is 21.9 Å². The minimum absolute atomic E-state index is 0.0830. The first-order valence-electron chi connectivity index (χ1n) is 12.3. The number of sulfonamides is 1. The van der Waals surface area contributed by atoms with Crippen molar-refractivity contribution < 1.29 is 28.2 Å². The molecule has 1 amide bonds. The summed E-state index contributed by atoms with van der Waals surface area (Å²) in [5.41, 5.74) is 4.56. The van der Waals surface area contributed by atoms with E-state index in [0.717, 1.165) is 41.6 Å². The molecule has 9 nitrogen and oxygen atoms in total. The highest BCUT2D eigenvalue weighted by molar-refractivity contribution is 7.89. The third-order valence-corrected chi connectivity index (χ3v) is 7.05. The van der Waals surface area contributed by atoms with Crippen molar-refractivity contribution in [2.45, 2.75) is 37.5 Å². The first-order chi connectivity index (χ1) is 18.0. The number of aromatic carboxylic acids is 1. The molecule has 3 aromatic carbocycles. The van der Waals surface area contributed by atoms with Crippen LogP contribution in [0.4, 0.5) is 0 Å². The molecular formula is C28H33N3O6S. The summed E-state index contributed by atoms with van der Waals surface area (Å²) >= 11 is 0. The van der Waals surface area contributed by atoms with E-state index in [2.05, 4.69) is 22.8 Å². The molecule has 3 aromatic rings. The molecule has 0 heterocycles. The second-order valence-electron chi connectivity index (χ2n) is 9.08. The van der Waals surface area contributed by atoms with Crippen molar-refractivity contribution in [1.29, 1.82) is 0 Å². The molecule has 0 saturated heterocycles. The average Bonchev–Trinajstić information content (AvgIpc) is 2.85. The summed E-state index contributed by atoms with van der Waals surface area (Å²) in [4.78, 5) is 23.1. The molecular weight excluding hydrogens is 506 g/mol. The fourth-order valence-corrected chi connectivity index (χ4v) is 4.72. The predicted molar refractivity (Wildman–Crippen MR) is 146 cm³/mol. The Morgan fingerprint density at radius 3 is 2.37 bits per heavy atom. The number of carbonyl (C=O) groups is 2. The van der Waals surface area contributed by atoms with Gasteiger partial charge in [0.05, 0.1) is 4.90 Å². The molecule has 0 fully saturated rings. The van der Waals surface area contributed by atoms with Crippen LogP contribution in [0.3, 0.4) is 0 Å². The first-order valence-corrected chi connectivity index (χ1v) is 13.8. The fraction of sp³-hybridized carbons (Fsp3) is 0.286. The maximum absolute atomic E-state index is 12.1. The number of aromatic hydroxyl groups is 1. The zero-order chi connectivity index (χ0) is 27.7. The molecule has 3 rings (SSSR count). The number of benzene rings is 3. The van der Waals surface area contributed by atoms with E-state index in [-0.39, 0.29) is 22.1 Å². The van der Waals surface area contributed by atoms with E-state index >= 15 is 0 Å². The molecule has 0 bridgehead atoms. The number of phenols is 1. The van der Waals surface area contributed by atoms with Crippen LogP contribution in [0, 0.1) is 6.92 Å². The van der Waals surface area contributed by atoms with Gasteiger partial charge in [-0.15, -0.1) is 0 Å². The minimum Gasteiger partial charge on any atom is -0.507 e. The number of nitrogens with two attached hydrogens (primary N) is 1. The van der Waals surface area contributed by atoms with Crippen molar-refractivity contribution in [2.24, 2.45) is 5.14 Å². The van der Waals surface area contributed by atoms with Gasteiger partial charge >= 0.3 is 5.97 Å². The molecule has 0 spiro atoms. The van der Waals surface area contributed by atoms with Gasteiger partial charge in [0.25, 0.3) is 0 Å². The topological polar surface area (TPSA) is 159 Å². The summed E-state index contributed by atoms with van der Waals surface area (Å²) in [6.45, 7) is 3.57. The van der Waals surface area contributed by atoms with E-state index in [1.807, 2.05) is 19.1 Å². The molecule has 0 atom stereocenters. The molecule has 0 unspecified atom stereocenters. The van der Waals surface area contributed by atoms with E-state index in [0.29, 0.717) is 25.9 Å². The number of carboxylic acids is 1. The van der Waals surface area contributed by atoms with Gasteiger partial charge in [0, 0.05) is 19.5 Å². The van der Waals surface area contributed by atoms with Crippen LogP contribution < -0.4 is 15.8 Å². The van der Waals surface area contributed by atoms with Crippen molar-refractivity contribution in [3.8, 4) is 16.9 Å². The van der Waals surface area contributed by atoms with Gasteiger partial charge in [-0.25, -0.2) is 18.4 Å². The van der Waals surface area contributed by atoms with Crippen LogP contribution >= 0.6 is 0 Å². The van der Waals surface area contributed by atoms with Crippen LogP contribution in [0.25, 0.3) is 11.1 Å². The maximum Gasteiger partial charge on any atom is 0.339 e. The number of nitrogens with one attached hydrogen (secondary N) is 2. The molecule has 38 heavy (non-hydrogen) atoms. The highest BCUT2D eigenvalue weighted by atomic mass is 32.2. The summed E-state index contributed by atoms with van der Waals surface area (Å²) in [5.74, 6) is -1.56. The Bertz CT molecular complexity index is 1410. The lowest BCUT2D eigenvalue weighted by Crippen LogP contribution is -2.29. The highest BCUT2D eigenvalue weighted by Crippen LogP contribution is 2.26. The Kier molecular flexibility index (Phi) is 10.0. The number of carboxylic acid groups (broad SMARTS) is 1. The number of rotatable bonds is 13. The van der Waals surface area contributed by atoms with E-state index < -0.39 is 16.0 Å². The Labute approximate surface area is 222 Å². The van der Waals surface area contributed by atoms with Crippen molar-refractivity contribution in [2.75, 3.05) is 19.6 Å². The molecule has 10 heteroatoms. The average molecular weight is 540 g/mol. The highest BCUT2D eigenvalue weighted by Gasteiger charge is 2.11. The minimum atomic E-state index is -3.74. The van der Waals surface area contributed by atoms with E-state index in [1.54, 1.807) is 18.2 Å². The smallest absolute Gasteiger partial charge is 0.339 e. The van der Waals surface area contributed by atoms with Crippen LogP contribution in [0.1, 0.15) is 39.9 Å². The molecule has 0 aliphatic rings. The van der Waals surface area contributed by atoms with E-state index in [1.165, 1.54) is 23.8 Å². The van der Waals surface area contributed by atoms with Crippen molar-refractivity contribution in [3.05, 3.63) is 82.9 Å². The quantitative estimate of drug-likeness (QED) is 0.209. The zero-order valence-corrected chi connectivity index (χ0v) is 22.1. The molecule has 6 N–H and O–H groups in total. The van der Waals surface area contributed by atoms with Crippen LogP contribution in [-0.2, 0) is 27.7 Å². The standard InChI is InChI=1S/C28H33N3O6S/c1-19-16-23(38(29,36)37)8-10-24(19)22-6-2-4-20(17-22)5-3-13-30-14-12-27(33)31-15-11-21-7-9-25(28(34)35)26(32)18-21/h2,4,6-10,16-18,30,32H,3,5,11-15H2,1H3,(H,31,33)(H,34,35)(H2,29,36,37). The number of hydrogen-bond donors (Lipinski definition) is 5. The molecule has 0 aliphatic carbocycles. The van der Waals surface area contributed by atoms with Crippen molar-refractivity contribution in [3.63, 3.8) is 0 Å². The summed E-state index contributed by atoms with van der Waals surface area (Å²) in [6, 6.07) is 17.4. The summed E-state index contributed by atoms with van der Waals surface area (Å²) in [7, 11) is -3.74. The zero-order valence-electron chi connectivity index (χ0n) is 21.2. The lowest BCUT2D eigenvalue weighted by atomic mass is 9.97. The van der Waals surface area contributed by atoms with Gasteiger partial charge in [0.1, 0.15) is 11.3 Å². The van der Waals surface area contributed by atoms with E-state index in [4.69, 9.17) is 10.2 Å². The number of hydrogen-bond acceptors (Lipinski definition) is 6. The Hall–Kier alpha value is -3.73. The Morgan fingerprint density at radius 1 is 0.921 bits per heavy atom. The number of carbonyl (C=O) groups excluding carboxylic acids is 1. The van der Waals surface area contributed by atoms with Crippen LogP contribution in [-0.4, -0.2) is 50.1 Å². The first kappa shape index (κ1) is 28.8. The summed E-state index contributed by atoms with van der Waals surface area (Å²) in [5, 5.41) is 30.0. The maximum atomic E-state index is 12.1. The van der Waals surface area contributed by atoms with Gasteiger partial charge in [-0.05, 0) is 84.8 Å². The number of amides is 1. The Morgan fingerprint density at radius 2 is 1.68 bits per heavy atom. The molecule has 0 aromatic heterocycles. The summed E-state index contributed by atoms with van der Waals surface area (Å²) < 4.78 is 23.2. The van der Waals surface area contributed by atoms with Crippen LogP contribution in [0.5, 0.6) is 5.75 Å². The third-order valence-electron chi connectivity index (χ3n) is 6.14. The largest absolute Gasteiger partial charge is 0.507 e. The SMILES string of the molecule is Cc1cc(S(N)(=O)=O)ccc1-c1cccc(CCCNCCC(=O)NCCc2ccc(C(=O)O)c(O)c2)c1. The van der Waals surface area contributed by atoms with Crippen molar-refractivity contribution in [1.82, 2.24) is 10.6 Å². The van der Waals surface area contributed by atoms with Gasteiger partial charge in [0.15, 0.2) is 0 Å². The lowest BCUT2D eigenvalue weighted by molar-refractivity contribution is -0.120. The summed E-state index contributed by atoms with van der Waals surface area (Å²) in [6.07, 6.45) is 2.58. The Balaban J connectivity index is 1.36. The molecule has 0 aliphatic heterocycles. The molecule has 202 valence electrons. The van der Waals surface area contributed by atoms with Gasteiger partial charge in [-0.3, -0.25) is 4.79 Å². The van der Waals surface area contributed by atoms with Gasteiger partial charge in [0.2, 0.25) is 15.9 Å². The predicted octanol–water partition coefficient (Wildman–Crippen LogP) is 2.98. The van der Waals surface area contributed by atoms with E-state index in [9.17, 15) is 23.1 Å². The van der Waals surface area contributed by atoms with Crippen LogP contribution in [0.15, 0.2) is 65.6 Å². The van der Waals surface area contributed by atoms with Gasteiger partial charge in [-0.1, -0.05) is 36.4 Å². The monoisotopic (exact) mass is 539 g/mol. The normalized spacial score (nSPS) is 11.3. The van der Waals surface area contributed by atoms with Gasteiger partial charge in [-0.2, -0.15) is 0 Å².